The molecule has 0 aliphatic heterocycles. The lowest BCUT2D eigenvalue weighted by Crippen LogP contribution is -2.11. The van der Waals surface area contributed by atoms with Gasteiger partial charge in [0.05, 0.1) is 22.7 Å². The summed E-state index contributed by atoms with van der Waals surface area (Å²) in [5.41, 5.74) is 13.9. The molecule has 68 heavy (non-hydrogen) atoms. The molecule has 0 fully saturated rings. The Balaban J connectivity index is 0.776. The van der Waals surface area contributed by atoms with Crippen molar-refractivity contribution in [1.29, 1.82) is 0 Å². The standard InChI is InChI=1S/C66H46N2/c1-5-21-59-53(13-1)17-9-25-63(59)67(64-26-10-18-54-14-2-6-22-60(54)64)57-43-39-51(40-44-57)49-35-31-47(32-36-49)29-30-48-33-37-50(38-34-48)52-41-45-58(46-42-52)68(65-27-11-19-55-15-3-7-23-61(55)65)66-28-12-20-56-16-4-8-24-62(56)66/h1-46H/b30-29+. The number of fused-ring (bicyclic) bond motifs is 4. The van der Waals surface area contributed by atoms with E-state index in [4.69, 9.17) is 0 Å². The number of rotatable bonds is 10. The van der Waals surface area contributed by atoms with Gasteiger partial charge in [-0.3, -0.25) is 0 Å². The van der Waals surface area contributed by atoms with E-state index >= 15 is 0 Å². The predicted molar refractivity (Wildman–Crippen MR) is 292 cm³/mol. The van der Waals surface area contributed by atoms with Crippen molar-refractivity contribution >= 4 is 89.4 Å². The van der Waals surface area contributed by atoms with Gasteiger partial charge in [0.15, 0.2) is 0 Å². The van der Waals surface area contributed by atoms with E-state index in [9.17, 15) is 0 Å². The molecule has 0 heterocycles. The number of benzene rings is 12. The van der Waals surface area contributed by atoms with Gasteiger partial charge in [0.1, 0.15) is 0 Å². The normalized spacial score (nSPS) is 11.5. The van der Waals surface area contributed by atoms with Crippen LogP contribution in [0, 0.1) is 0 Å². The van der Waals surface area contributed by atoms with Crippen LogP contribution in [0.4, 0.5) is 34.1 Å². The Bertz CT molecular complexity index is 3340. The lowest BCUT2D eigenvalue weighted by Gasteiger charge is -2.28. The highest BCUT2D eigenvalue weighted by atomic mass is 15.2. The molecular weight excluding hydrogens is 821 g/mol. The van der Waals surface area contributed by atoms with E-state index in [1.165, 1.54) is 65.3 Å². The zero-order chi connectivity index (χ0) is 45.2. The maximum atomic E-state index is 2.40. The third-order valence-electron chi connectivity index (χ3n) is 13.2. The molecule has 0 radical (unpaired) electrons. The number of anilines is 6. The van der Waals surface area contributed by atoms with E-state index in [0.717, 1.165) is 45.3 Å². The smallest absolute Gasteiger partial charge is 0.0540 e. The van der Waals surface area contributed by atoms with Crippen LogP contribution in [0.1, 0.15) is 11.1 Å². The highest BCUT2D eigenvalue weighted by Crippen LogP contribution is 2.44. The Morgan fingerprint density at radius 2 is 0.441 bits per heavy atom. The molecule has 0 amide bonds. The average molecular weight is 867 g/mol. The van der Waals surface area contributed by atoms with Gasteiger partial charge in [0.2, 0.25) is 0 Å². The van der Waals surface area contributed by atoms with Crippen LogP contribution in [0.3, 0.4) is 0 Å². The fourth-order valence-electron chi connectivity index (χ4n) is 9.80. The van der Waals surface area contributed by atoms with Crippen LogP contribution in [0.15, 0.2) is 267 Å². The van der Waals surface area contributed by atoms with Crippen LogP contribution in [0.5, 0.6) is 0 Å². The second-order valence-electron chi connectivity index (χ2n) is 17.3. The largest absolute Gasteiger partial charge is 0.309 e. The molecule has 0 N–H and O–H groups in total. The van der Waals surface area contributed by atoms with E-state index in [0.29, 0.717) is 0 Å². The first-order valence-electron chi connectivity index (χ1n) is 23.3. The Morgan fingerprint density at radius 3 is 0.721 bits per heavy atom. The van der Waals surface area contributed by atoms with Crippen molar-refractivity contribution in [3.8, 4) is 22.3 Å². The van der Waals surface area contributed by atoms with Crippen molar-refractivity contribution in [2.45, 2.75) is 0 Å². The molecule has 0 aromatic heterocycles. The lowest BCUT2D eigenvalue weighted by atomic mass is 10.0. The summed E-state index contributed by atoms with van der Waals surface area (Å²) in [6.45, 7) is 0. The molecule has 0 saturated carbocycles. The van der Waals surface area contributed by atoms with Gasteiger partial charge in [0.25, 0.3) is 0 Å². The highest BCUT2D eigenvalue weighted by molar-refractivity contribution is 6.06. The Hall–Kier alpha value is -8.98. The molecule has 0 bridgehead atoms. The first kappa shape index (κ1) is 40.5. The topological polar surface area (TPSA) is 6.48 Å². The summed E-state index contributed by atoms with van der Waals surface area (Å²) in [6, 6.07) is 96.5. The van der Waals surface area contributed by atoms with Gasteiger partial charge in [0, 0.05) is 32.9 Å². The van der Waals surface area contributed by atoms with Crippen LogP contribution in [-0.4, -0.2) is 0 Å². The van der Waals surface area contributed by atoms with Crippen molar-refractivity contribution in [1.82, 2.24) is 0 Å². The van der Waals surface area contributed by atoms with Gasteiger partial charge < -0.3 is 9.80 Å². The van der Waals surface area contributed by atoms with Crippen LogP contribution in [0.2, 0.25) is 0 Å². The maximum absolute atomic E-state index is 2.40. The van der Waals surface area contributed by atoms with Crippen molar-refractivity contribution in [3.05, 3.63) is 278 Å². The molecule has 12 rings (SSSR count). The molecule has 12 aromatic carbocycles. The first-order valence-corrected chi connectivity index (χ1v) is 23.3. The van der Waals surface area contributed by atoms with Gasteiger partial charge in [-0.05, 0) is 103 Å². The van der Waals surface area contributed by atoms with Crippen molar-refractivity contribution in [3.63, 3.8) is 0 Å². The van der Waals surface area contributed by atoms with Crippen molar-refractivity contribution in [2.75, 3.05) is 9.80 Å². The number of hydrogen-bond donors (Lipinski definition) is 0. The lowest BCUT2D eigenvalue weighted by molar-refractivity contribution is 1.31. The Labute approximate surface area is 397 Å². The SMILES string of the molecule is C(=C\c1ccc(-c2ccc(N(c3cccc4ccccc34)c3cccc4ccccc34)cc2)cc1)/c1ccc(-c2ccc(N(c3cccc4ccccc34)c3cccc4ccccc34)cc2)cc1. The summed E-state index contributed by atoms with van der Waals surface area (Å²) in [7, 11) is 0. The molecule has 0 aliphatic rings. The molecule has 320 valence electrons. The average Bonchev–Trinajstić information content (AvgIpc) is 3.41. The zero-order valence-electron chi connectivity index (χ0n) is 37.5. The monoisotopic (exact) mass is 866 g/mol. The Kier molecular flexibility index (Phi) is 10.6. The molecular formula is C66H46N2. The Morgan fingerprint density at radius 1 is 0.206 bits per heavy atom. The van der Waals surface area contributed by atoms with Crippen LogP contribution in [0.25, 0.3) is 77.5 Å². The van der Waals surface area contributed by atoms with E-state index in [1.807, 2.05) is 0 Å². The van der Waals surface area contributed by atoms with Gasteiger partial charge >= 0.3 is 0 Å². The van der Waals surface area contributed by atoms with Crippen molar-refractivity contribution in [2.24, 2.45) is 0 Å². The summed E-state index contributed by atoms with van der Waals surface area (Å²) in [5.74, 6) is 0. The van der Waals surface area contributed by atoms with Gasteiger partial charge in [-0.2, -0.15) is 0 Å². The fraction of sp³-hybridized carbons (Fsp3) is 0. The first-order chi connectivity index (χ1) is 33.7. The summed E-state index contributed by atoms with van der Waals surface area (Å²) in [6.07, 6.45) is 4.39. The van der Waals surface area contributed by atoms with Crippen LogP contribution in [-0.2, 0) is 0 Å². The van der Waals surface area contributed by atoms with Gasteiger partial charge in [-0.25, -0.2) is 0 Å². The molecule has 2 nitrogen and oxygen atoms in total. The minimum atomic E-state index is 1.12. The third-order valence-corrected chi connectivity index (χ3v) is 13.2. The minimum Gasteiger partial charge on any atom is -0.309 e. The summed E-state index contributed by atoms with van der Waals surface area (Å²) >= 11 is 0. The summed E-state index contributed by atoms with van der Waals surface area (Å²) in [4.78, 5) is 4.81. The third kappa shape index (κ3) is 7.74. The minimum absolute atomic E-state index is 1.12. The summed E-state index contributed by atoms with van der Waals surface area (Å²) in [5, 5.41) is 9.75. The zero-order valence-corrected chi connectivity index (χ0v) is 37.5. The van der Waals surface area contributed by atoms with E-state index < -0.39 is 0 Å². The molecule has 0 spiro atoms. The van der Waals surface area contributed by atoms with Gasteiger partial charge in [-0.1, -0.05) is 231 Å². The van der Waals surface area contributed by atoms with Crippen molar-refractivity contribution < 1.29 is 0 Å². The molecule has 0 atom stereocenters. The molecule has 0 aliphatic carbocycles. The van der Waals surface area contributed by atoms with E-state index in [2.05, 4.69) is 289 Å². The molecule has 12 aromatic rings. The molecule has 0 saturated heterocycles. The quantitative estimate of drug-likeness (QED) is 0.126. The second-order valence-corrected chi connectivity index (χ2v) is 17.3. The molecule has 0 unspecified atom stereocenters. The maximum Gasteiger partial charge on any atom is 0.0540 e. The fourth-order valence-corrected chi connectivity index (χ4v) is 9.80. The molecule has 2 heteroatoms. The predicted octanol–water partition coefficient (Wildman–Crippen LogP) is 18.7. The number of hydrogen-bond acceptors (Lipinski definition) is 2. The second kappa shape index (κ2) is 17.8. The number of nitrogens with zero attached hydrogens (tertiary/aromatic N) is 2. The summed E-state index contributed by atoms with van der Waals surface area (Å²) < 4.78 is 0. The van der Waals surface area contributed by atoms with E-state index in [1.54, 1.807) is 0 Å². The van der Waals surface area contributed by atoms with Crippen LogP contribution >= 0.6 is 0 Å². The van der Waals surface area contributed by atoms with E-state index in [-0.39, 0.29) is 0 Å². The van der Waals surface area contributed by atoms with Gasteiger partial charge in [-0.15, -0.1) is 0 Å². The van der Waals surface area contributed by atoms with Crippen LogP contribution < -0.4 is 9.80 Å². The highest BCUT2D eigenvalue weighted by Gasteiger charge is 2.19.